The van der Waals surface area contributed by atoms with Gasteiger partial charge >= 0.3 is 0 Å². The molecule has 1 aromatic rings. The molecule has 1 aromatic carbocycles. The van der Waals surface area contributed by atoms with Crippen molar-refractivity contribution >= 4 is 5.69 Å². The van der Waals surface area contributed by atoms with E-state index >= 15 is 0 Å². The minimum Gasteiger partial charge on any atom is -0.368 e. The first-order valence-electron chi connectivity index (χ1n) is 5.11. The van der Waals surface area contributed by atoms with Crippen LogP contribution in [-0.4, -0.2) is 26.2 Å². The zero-order valence-electron chi connectivity index (χ0n) is 9.84. The molecule has 0 bridgehead atoms. The summed E-state index contributed by atoms with van der Waals surface area (Å²) in [6, 6.07) is 6.57. The third-order valence-corrected chi connectivity index (χ3v) is 2.73. The summed E-state index contributed by atoms with van der Waals surface area (Å²) in [5.74, 6) is -0.196. The summed E-state index contributed by atoms with van der Waals surface area (Å²) in [6.45, 7) is 5.17. The average molecular weight is 210 g/mol. The standard InChI is InChI=1S/C12H19FN2/c1-12(2,9-14-3)15(4)11-7-5-10(13)6-8-11/h5-8,14H,9H2,1-4H3. The highest BCUT2D eigenvalue weighted by molar-refractivity contribution is 5.47. The quantitative estimate of drug-likeness (QED) is 0.820. The number of hydrogen-bond donors (Lipinski definition) is 1. The van der Waals surface area contributed by atoms with Crippen LogP contribution >= 0.6 is 0 Å². The van der Waals surface area contributed by atoms with Crippen LogP contribution in [0.1, 0.15) is 13.8 Å². The Morgan fingerprint density at radius 2 is 1.80 bits per heavy atom. The fourth-order valence-electron chi connectivity index (χ4n) is 1.57. The largest absolute Gasteiger partial charge is 0.368 e. The van der Waals surface area contributed by atoms with Crippen LogP contribution in [-0.2, 0) is 0 Å². The summed E-state index contributed by atoms with van der Waals surface area (Å²) in [7, 11) is 3.95. The number of likely N-dealkylation sites (N-methyl/N-ethyl adjacent to an activating group) is 2. The van der Waals surface area contributed by atoms with Gasteiger partial charge in [-0.1, -0.05) is 0 Å². The van der Waals surface area contributed by atoms with E-state index in [1.165, 1.54) is 12.1 Å². The Kier molecular flexibility index (Phi) is 3.69. The highest BCUT2D eigenvalue weighted by Gasteiger charge is 2.22. The van der Waals surface area contributed by atoms with Gasteiger partial charge in [-0.25, -0.2) is 4.39 Å². The van der Waals surface area contributed by atoms with Gasteiger partial charge in [0.05, 0.1) is 0 Å². The van der Waals surface area contributed by atoms with Crippen molar-refractivity contribution in [2.45, 2.75) is 19.4 Å². The summed E-state index contributed by atoms with van der Waals surface area (Å²) >= 11 is 0. The van der Waals surface area contributed by atoms with E-state index in [1.807, 2.05) is 14.1 Å². The molecule has 0 unspecified atom stereocenters. The zero-order valence-corrected chi connectivity index (χ0v) is 9.84. The van der Waals surface area contributed by atoms with Crippen molar-refractivity contribution in [1.82, 2.24) is 5.32 Å². The molecule has 0 heterocycles. The van der Waals surface area contributed by atoms with Gasteiger partial charge in [-0.2, -0.15) is 0 Å². The summed E-state index contributed by atoms with van der Waals surface area (Å²) in [4.78, 5) is 2.14. The van der Waals surface area contributed by atoms with Crippen LogP contribution in [0.5, 0.6) is 0 Å². The Balaban J connectivity index is 2.84. The van der Waals surface area contributed by atoms with Crippen LogP contribution in [0.25, 0.3) is 0 Å². The lowest BCUT2D eigenvalue weighted by atomic mass is 10.0. The first-order valence-corrected chi connectivity index (χ1v) is 5.11. The van der Waals surface area contributed by atoms with Gasteiger partial charge in [0.25, 0.3) is 0 Å². The summed E-state index contributed by atoms with van der Waals surface area (Å²) in [5, 5.41) is 3.15. The van der Waals surface area contributed by atoms with Crippen molar-refractivity contribution in [1.29, 1.82) is 0 Å². The van der Waals surface area contributed by atoms with Gasteiger partial charge in [0.15, 0.2) is 0 Å². The van der Waals surface area contributed by atoms with Gasteiger partial charge in [-0.05, 0) is 45.2 Å². The summed E-state index contributed by atoms with van der Waals surface area (Å²) in [5.41, 5.74) is 1.03. The van der Waals surface area contributed by atoms with Gasteiger partial charge in [0.1, 0.15) is 5.82 Å². The average Bonchev–Trinajstić information content (AvgIpc) is 2.18. The molecule has 0 fully saturated rings. The molecular formula is C12H19FN2. The van der Waals surface area contributed by atoms with Crippen LogP contribution in [0.3, 0.4) is 0 Å². The molecule has 0 aliphatic carbocycles. The molecule has 0 radical (unpaired) electrons. The minimum atomic E-state index is -0.196. The molecule has 0 amide bonds. The number of halogens is 1. The van der Waals surface area contributed by atoms with Gasteiger partial charge < -0.3 is 10.2 Å². The highest BCUT2D eigenvalue weighted by Crippen LogP contribution is 2.21. The molecule has 3 heteroatoms. The third-order valence-electron chi connectivity index (χ3n) is 2.73. The van der Waals surface area contributed by atoms with E-state index in [0.29, 0.717) is 0 Å². The number of rotatable bonds is 4. The SMILES string of the molecule is CNCC(C)(C)N(C)c1ccc(F)cc1. The molecule has 0 atom stereocenters. The molecular weight excluding hydrogens is 191 g/mol. The maximum absolute atomic E-state index is 12.8. The number of anilines is 1. The molecule has 84 valence electrons. The fourth-order valence-corrected chi connectivity index (χ4v) is 1.57. The molecule has 0 aromatic heterocycles. The Morgan fingerprint density at radius 1 is 1.27 bits per heavy atom. The molecule has 1 N–H and O–H groups in total. The Morgan fingerprint density at radius 3 is 2.27 bits per heavy atom. The second kappa shape index (κ2) is 4.62. The second-order valence-corrected chi connectivity index (χ2v) is 4.38. The number of benzene rings is 1. The van der Waals surface area contributed by atoms with Crippen molar-refractivity contribution in [2.75, 3.05) is 25.5 Å². The second-order valence-electron chi connectivity index (χ2n) is 4.38. The molecule has 0 spiro atoms. The van der Waals surface area contributed by atoms with Gasteiger partial charge in [0, 0.05) is 24.8 Å². The smallest absolute Gasteiger partial charge is 0.123 e. The first-order chi connectivity index (χ1) is 6.97. The lowest BCUT2D eigenvalue weighted by Gasteiger charge is -2.37. The van der Waals surface area contributed by atoms with Gasteiger partial charge in [-0.15, -0.1) is 0 Å². The lowest BCUT2D eigenvalue weighted by Crippen LogP contribution is -2.48. The monoisotopic (exact) mass is 210 g/mol. The number of nitrogens with zero attached hydrogens (tertiary/aromatic N) is 1. The molecule has 0 saturated carbocycles. The van der Waals surface area contributed by atoms with E-state index in [0.717, 1.165) is 12.2 Å². The highest BCUT2D eigenvalue weighted by atomic mass is 19.1. The van der Waals surface area contributed by atoms with Crippen LogP contribution < -0.4 is 10.2 Å². The van der Waals surface area contributed by atoms with Crippen LogP contribution in [0.15, 0.2) is 24.3 Å². The number of nitrogens with one attached hydrogen (secondary N) is 1. The molecule has 2 nitrogen and oxygen atoms in total. The maximum Gasteiger partial charge on any atom is 0.123 e. The Labute approximate surface area is 91.1 Å². The van der Waals surface area contributed by atoms with Crippen molar-refractivity contribution in [3.8, 4) is 0 Å². The Bertz CT molecular complexity index is 306. The van der Waals surface area contributed by atoms with Crippen LogP contribution in [0.2, 0.25) is 0 Å². The minimum absolute atomic E-state index is 0.00653. The van der Waals surface area contributed by atoms with Crippen LogP contribution in [0.4, 0.5) is 10.1 Å². The zero-order chi connectivity index (χ0) is 11.5. The van der Waals surface area contributed by atoms with E-state index in [9.17, 15) is 4.39 Å². The topological polar surface area (TPSA) is 15.3 Å². The lowest BCUT2D eigenvalue weighted by molar-refractivity contribution is 0.463. The predicted octanol–water partition coefficient (Wildman–Crippen LogP) is 2.26. The van der Waals surface area contributed by atoms with E-state index in [4.69, 9.17) is 0 Å². The van der Waals surface area contributed by atoms with E-state index in [2.05, 4.69) is 24.1 Å². The van der Waals surface area contributed by atoms with E-state index in [-0.39, 0.29) is 11.4 Å². The predicted molar refractivity (Wildman–Crippen MR) is 62.8 cm³/mol. The Hall–Kier alpha value is -1.09. The first kappa shape index (κ1) is 12.0. The van der Waals surface area contributed by atoms with E-state index in [1.54, 1.807) is 12.1 Å². The molecule has 15 heavy (non-hydrogen) atoms. The van der Waals surface area contributed by atoms with Gasteiger partial charge in [-0.3, -0.25) is 0 Å². The molecule has 0 aliphatic heterocycles. The van der Waals surface area contributed by atoms with Crippen molar-refractivity contribution in [2.24, 2.45) is 0 Å². The number of hydrogen-bond acceptors (Lipinski definition) is 2. The third kappa shape index (κ3) is 2.93. The van der Waals surface area contributed by atoms with Crippen molar-refractivity contribution < 1.29 is 4.39 Å². The molecule has 0 aliphatic rings. The van der Waals surface area contributed by atoms with E-state index < -0.39 is 0 Å². The normalized spacial score (nSPS) is 11.5. The summed E-state index contributed by atoms with van der Waals surface area (Å²) in [6.07, 6.45) is 0. The molecule has 0 saturated heterocycles. The summed E-state index contributed by atoms with van der Waals surface area (Å²) < 4.78 is 12.8. The maximum atomic E-state index is 12.8. The van der Waals surface area contributed by atoms with Crippen LogP contribution in [0, 0.1) is 5.82 Å². The van der Waals surface area contributed by atoms with Crippen molar-refractivity contribution in [3.05, 3.63) is 30.1 Å². The van der Waals surface area contributed by atoms with Gasteiger partial charge in [0.2, 0.25) is 0 Å². The van der Waals surface area contributed by atoms with Crippen molar-refractivity contribution in [3.63, 3.8) is 0 Å². The molecule has 1 rings (SSSR count). The fraction of sp³-hybridized carbons (Fsp3) is 0.500.